The Morgan fingerprint density at radius 2 is 1.69 bits per heavy atom. The lowest BCUT2D eigenvalue weighted by molar-refractivity contribution is -0.136. The Balaban J connectivity index is 1.61. The highest BCUT2D eigenvalue weighted by molar-refractivity contribution is 7.89. The number of sulfonamides is 1. The topological polar surface area (TPSA) is 66.9 Å². The highest BCUT2D eigenvalue weighted by atomic mass is 35.5. The van der Waals surface area contributed by atoms with Crippen LogP contribution in [0.1, 0.15) is 44.1 Å². The highest BCUT2D eigenvalue weighted by Crippen LogP contribution is 2.39. The highest BCUT2D eigenvalue weighted by Gasteiger charge is 2.43. The lowest BCUT2D eigenvalue weighted by Gasteiger charge is -2.42. The van der Waals surface area contributed by atoms with Crippen LogP contribution in [0.2, 0.25) is 15.1 Å². The summed E-state index contributed by atoms with van der Waals surface area (Å²) in [5, 5.41) is 1.06. The molecule has 2 fully saturated rings. The van der Waals surface area contributed by atoms with Gasteiger partial charge in [0.1, 0.15) is 10.6 Å². The van der Waals surface area contributed by atoms with E-state index in [-0.39, 0.29) is 35.4 Å². The number of hydrogen-bond donors (Lipinski definition) is 0. The molecule has 0 aromatic heterocycles. The Bertz CT molecular complexity index is 1220. The zero-order valence-electron chi connectivity index (χ0n) is 20.3. The van der Waals surface area contributed by atoms with E-state index in [4.69, 9.17) is 39.5 Å². The van der Waals surface area contributed by atoms with Gasteiger partial charge < -0.3 is 9.64 Å². The molecule has 36 heavy (non-hydrogen) atoms. The second-order valence-electron chi connectivity index (χ2n) is 9.83. The molecule has 2 heterocycles. The van der Waals surface area contributed by atoms with Crippen LogP contribution in [0.25, 0.3) is 0 Å². The second kappa shape index (κ2) is 11.5. The van der Waals surface area contributed by atoms with Crippen LogP contribution in [0.4, 0.5) is 0 Å². The van der Waals surface area contributed by atoms with Crippen LogP contribution in [0.15, 0.2) is 41.3 Å². The number of halogens is 3. The minimum absolute atomic E-state index is 0.0240. The quantitative estimate of drug-likeness (QED) is 0.395. The first-order valence-corrected chi connectivity index (χ1v) is 14.8. The van der Waals surface area contributed by atoms with Crippen LogP contribution in [0.5, 0.6) is 5.75 Å². The molecular formula is C26H31Cl3N2O4S. The molecule has 6 nitrogen and oxygen atoms in total. The van der Waals surface area contributed by atoms with Crippen molar-refractivity contribution in [1.82, 2.24) is 9.21 Å². The maximum atomic E-state index is 13.6. The molecule has 2 aliphatic rings. The smallest absolute Gasteiger partial charge is 0.244 e. The Labute approximate surface area is 228 Å². The summed E-state index contributed by atoms with van der Waals surface area (Å²) >= 11 is 18.5. The molecule has 0 unspecified atom stereocenters. The molecule has 1 amide bonds. The predicted octanol–water partition coefficient (Wildman–Crippen LogP) is 6.21. The molecule has 2 aromatic rings. The maximum Gasteiger partial charge on any atom is 0.244 e. The van der Waals surface area contributed by atoms with Crippen molar-refractivity contribution in [3.05, 3.63) is 57.0 Å². The number of likely N-dealkylation sites (tertiary alicyclic amines) is 1. The normalized spacial score (nSPS) is 21.4. The van der Waals surface area contributed by atoms with Gasteiger partial charge in [0.25, 0.3) is 0 Å². The molecule has 0 radical (unpaired) electrons. The summed E-state index contributed by atoms with van der Waals surface area (Å²) in [5.74, 6) is 0.685. The predicted molar refractivity (Wildman–Crippen MR) is 144 cm³/mol. The van der Waals surface area contributed by atoms with Crippen LogP contribution in [0, 0.1) is 12.3 Å². The molecule has 0 saturated carbocycles. The van der Waals surface area contributed by atoms with Gasteiger partial charge in [-0.25, -0.2) is 8.42 Å². The van der Waals surface area contributed by atoms with Crippen molar-refractivity contribution in [2.45, 2.75) is 50.3 Å². The molecule has 196 valence electrons. The van der Waals surface area contributed by atoms with Crippen LogP contribution < -0.4 is 4.74 Å². The van der Waals surface area contributed by atoms with Crippen LogP contribution in [-0.4, -0.2) is 56.3 Å². The van der Waals surface area contributed by atoms with Crippen molar-refractivity contribution in [3.63, 3.8) is 0 Å². The molecular weight excluding hydrogens is 543 g/mol. The summed E-state index contributed by atoms with van der Waals surface area (Å²) in [4.78, 5) is 15.2. The second-order valence-corrected chi connectivity index (χ2v) is 13.0. The zero-order valence-corrected chi connectivity index (χ0v) is 23.4. The molecule has 0 spiro atoms. The summed E-state index contributed by atoms with van der Waals surface area (Å²) < 4.78 is 34.9. The average molecular weight is 574 g/mol. The minimum atomic E-state index is -3.92. The third-order valence-corrected chi connectivity index (χ3v) is 10.0. The largest absolute Gasteiger partial charge is 0.493 e. The Hall–Kier alpha value is -1.51. The maximum absolute atomic E-state index is 13.6. The van der Waals surface area contributed by atoms with Crippen molar-refractivity contribution in [2.24, 2.45) is 5.41 Å². The van der Waals surface area contributed by atoms with E-state index in [0.29, 0.717) is 35.2 Å². The van der Waals surface area contributed by atoms with E-state index in [1.807, 2.05) is 17.9 Å². The van der Waals surface area contributed by atoms with E-state index >= 15 is 0 Å². The van der Waals surface area contributed by atoms with Crippen LogP contribution in [-0.2, 0) is 14.8 Å². The van der Waals surface area contributed by atoms with E-state index in [9.17, 15) is 13.2 Å². The number of amides is 1. The molecule has 0 aliphatic carbocycles. The fraction of sp³-hybridized carbons (Fsp3) is 0.500. The molecule has 1 atom stereocenters. The molecule has 2 saturated heterocycles. The third kappa shape index (κ3) is 6.30. The van der Waals surface area contributed by atoms with Crippen LogP contribution >= 0.6 is 34.8 Å². The van der Waals surface area contributed by atoms with E-state index < -0.39 is 15.4 Å². The van der Waals surface area contributed by atoms with Crippen LogP contribution in [0.3, 0.4) is 0 Å². The lowest BCUT2D eigenvalue weighted by atomic mass is 9.78. The summed E-state index contributed by atoms with van der Waals surface area (Å²) in [7, 11) is -3.92. The summed E-state index contributed by atoms with van der Waals surface area (Å²) in [5.41, 5.74) is 0.203. The van der Waals surface area contributed by atoms with Gasteiger partial charge in [0.05, 0.1) is 11.6 Å². The van der Waals surface area contributed by atoms with Gasteiger partial charge in [-0.15, -0.1) is 0 Å². The molecule has 2 aromatic carbocycles. The number of aryl methyl sites for hydroxylation is 1. The van der Waals surface area contributed by atoms with Crippen molar-refractivity contribution in [2.75, 3.05) is 32.8 Å². The van der Waals surface area contributed by atoms with Gasteiger partial charge >= 0.3 is 0 Å². The molecule has 10 heteroatoms. The zero-order chi connectivity index (χ0) is 25.9. The first kappa shape index (κ1) is 27.5. The fourth-order valence-corrected chi connectivity index (χ4v) is 7.46. The van der Waals surface area contributed by atoms with Gasteiger partial charge in [0.2, 0.25) is 15.9 Å². The van der Waals surface area contributed by atoms with Crippen molar-refractivity contribution >= 4 is 50.7 Å². The van der Waals surface area contributed by atoms with Crippen molar-refractivity contribution < 1.29 is 17.9 Å². The SMILES string of the molecule is Cc1cc(OC[C@]2(CC(=O)N3CCCCC3)CCCN(S(=O)(=O)c3cc(Cl)ccc3Cl)C2)ccc1Cl. The number of ether oxygens (including phenoxy) is 1. The number of carbonyl (C=O) groups is 1. The minimum Gasteiger partial charge on any atom is -0.493 e. The Kier molecular flexibility index (Phi) is 8.78. The number of rotatable bonds is 7. The number of hydrogen-bond acceptors (Lipinski definition) is 4. The van der Waals surface area contributed by atoms with Crippen molar-refractivity contribution in [3.8, 4) is 5.75 Å². The number of nitrogens with zero attached hydrogens (tertiary/aromatic N) is 2. The summed E-state index contributed by atoms with van der Waals surface area (Å²) in [6.07, 6.45) is 4.61. The Morgan fingerprint density at radius 3 is 2.42 bits per heavy atom. The molecule has 0 bridgehead atoms. The number of piperidine rings is 2. The van der Waals surface area contributed by atoms with Gasteiger partial charge in [-0.05, 0) is 81.0 Å². The molecule has 0 N–H and O–H groups in total. The van der Waals surface area contributed by atoms with Gasteiger partial charge in [-0.3, -0.25) is 4.79 Å². The first-order chi connectivity index (χ1) is 17.1. The van der Waals surface area contributed by atoms with Gasteiger partial charge in [0, 0.05) is 48.1 Å². The van der Waals surface area contributed by atoms with Gasteiger partial charge in [0.15, 0.2) is 0 Å². The van der Waals surface area contributed by atoms with E-state index in [1.165, 1.54) is 16.4 Å². The average Bonchev–Trinajstić information content (AvgIpc) is 2.87. The third-order valence-electron chi connectivity index (χ3n) is 7.05. The first-order valence-electron chi connectivity index (χ1n) is 12.2. The summed E-state index contributed by atoms with van der Waals surface area (Å²) in [6.45, 7) is 4.09. The summed E-state index contributed by atoms with van der Waals surface area (Å²) in [6, 6.07) is 9.84. The number of carbonyl (C=O) groups excluding carboxylic acids is 1. The van der Waals surface area contributed by atoms with E-state index in [2.05, 4.69) is 0 Å². The van der Waals surface area contributed by atoms with Crippen molar-refractivity contribution in [1.29, 1.82) is 0 Å². The lowest BCUT2D eigenvalue weighted by Crippen LogP contribution is -2.51. The van der Waals surface area contributed by atoms with Gasteiger partial charge in [-0.1, -0.05) is 34.8 Å². The van der Waals surface area contributed by atoms with Gasteiger partial charge in [-0.2, -0.15) is 4.31 Å². The standard InChI is InChI=1S/C26H31Cl3N2O4S/c1-19-14-21(7-9-22(19)28)35-18-26(16-25(32)30-11-3-2-4-12-30)10-5-13-31(17-26)36(33,34)24-15-20(27)6-8-23(24)29/h6-9,14-15H,2-5,10-13,16-18H2,1H3/t26-/m0/s1. The van der Waals surface area contributed by atoms with E-state index in [0.717, 1.165) is 37.9 Å². The number of benzene rings is 2. The monoisotopic (exact) mass is 572 g/mol. The fourth-order valence-electron chi connectivity index (χ4n) is 5.01. The molecule has 2 aliphatic heterocycles. The van der Waals surface area contributed by atoms with E-state index in [1.54, 1.807) is 18.2 Å². The molecule has 4 rings (SSSR count). The Morgan fingerprint density at radius 1 is 0.972 bits per heavy atom.